The normalized spacial score (nSPS) is 13.4. The lowest BCUT2D eigenvalue weighted by Crippen LogP contribution is -2.33. The van der Waals surface area contributed by atoms with E-state index in [0.717, 1.165) is 11.1 Å². The Kier molecular flexibility index (Phi) is 5.48. The maximum atomic E-state index is 12.6. The zero-order valence-corrected chi connectivity index (χ0v) is 16.5. The molecule has 0 radical (unpaired) electrons. The van der Waals surface area contributed by atoms with Crippen molar-refractivity contribution >= 4 is 27.3 Å². The summed E-state index contributed by atoms with van der Waals surface area (Å²) in [4.78, 5) is 24.7. The second kappa shape index (κ2) is 7.69. The van der Waals surface area contributed by atoms with Crippen molar-refractivity contribution in [1.29, 1.82) is 0 Å². The number of nitro groups is 1. The van der Waals surface area contributed by atoms with E-state index in [4.69, 9.17) is 0 Å². The number of amides is 1. The van der Waals surface area contributed by atoms with E-state index in [9.17, 15) is 23.3 Å². The third kappa shape index (κ3) is 4.05. The molecule has 0 fully saturated rings. The zero-order chi connectivity index (χ0) is 20.5. The number of non-ortho nitro benzene ring substituents is 1. The predicted molar refractivity (Wildman–Crippen MR) is 105 cm³/mol. The molecule has 0 unspecified atom stereocenters. The molecule has 1 amide bonds. The van der Waals surface area contributed by atoms with Gasteiger partial charge in [-0.25, -0.2) is 13.1 Å². The maximum absolute atomic E-state index is 12.6. The summed E-state index contributed by atoms with van der Waals surface area (Å²) in [5, 5.41) is 11.0. The van der Waals surface area contributed by atoms with Gasteiger partial charge in [-0.15, -0.1) is 0 Å². The van der Waals surface area contributed by atoms with Gasteiger partial charge in [0.2, 0.25) is 15.9 Å². The summed E-state index contributed by atoms with van der Waals surface area (Å²) in [5.41, 5.74) is 2.78. The van der Waals surface area contributed by atoms with Gasteiger partial charge < -0.3 is 4.90 Å². The van der Waals surface area contributed by atoms with Crippen LogP contribution in [-0.4, -0.2) is 32.3 Å². The lowest BCUT2D eigenvalue weighted by Gasteiger charge is -2.17. The molecular formula is C19H21N3O5S. The Labute approximate surface area is 163 Å². The number of carbonyl (C=O) groups excluding carboxylic acids is 1. The van der Waals surface area contributed by atoms with Crippen LogP contribution in [0.25, 0.3) is 0 Å². The molecule has 0 atom stereocenters. The quantitative estimate of drug-likeness (QED) is 0.589. The summed E-state index contributed by atoms with van der Waals surface area (Å²) in [6, 6.07) is 9.63. The van der Waals surface area contributed by atoms with Crippen molar-refractivity contribution < 1.29 is 18.1 Å². The van der Waals surface area contributed by atoms with Gasteiger partial charge in [-0.3, -0.25) is 14.9 Å². The van der Waals surface area contributed by atoms with Crippen LogP contribution in [0.5, 0.6) is 0 Å². The highest BCUT2D eigenvalue weighted by Crippen LogP contribution is 2.32. The minimum atomic E-state index is -3.72. The first kappa shape index (κ1) is 20.0. The second-order valence-corrected chi connectivity index (χ2v) is 8.52. The lowest BCUT2D eigenvalue weighted by molar-refractivity contribution is -0.384. The molecule has 1 aliphatic rings. The largest absolute Gasteiger partial charge is 0.312 e. The number of anilines is 1. The van der Waals surface area contributed by atoms with Crippen LogP contribution in [0.15, 0.2) is 41.3 Å². The molecule has 28 heavy (non-hydrogen) atoms. The van der Waals surface area contributed by atoms with Gasteiger partial charge in [0.1, 0.15) is 0 Å². The average Bonchev–Trinajstić information content (AvgIpc) is 3.06. The van der Waals surface area contributed by atoms with Gasteiger partial charge in [0.25, 0.3) is 5.69 Å². The maximum Gasteiger partial charge on any atom is 0.271 e. The van der Waals surface area contributed by atoms with E-state index < -0.39 is 14.9 Å². The SMILES string of the molecule is Cc1ccc(C)c(S(=O)(=O)NCCC(=O)N2CCc3ccc([N+](=O)[O-])cc32)c1. The fourth-order valence-corrected chi connectivity index (χ4v) is 4.60. The monoisotopic (exact) mass is 403 g/mol. The summed E-state index contributed by atoms with van der Waals surface area (Å²) < 4.78 is 27.5. The van der Waals surface area contributed by atoms with E-state index in [0.29, 0.717) is 24.2 Å². The Morgan fingerprint density at radius 3 is 2.68 bits per heavy atom. The number of benzene rings is 2. The highest BCUT2D eigenvalue weighted by atomic mass is 32.2. The molecule has 2 aromatic carbocycles. The number of aryl methyl sites for hydroxylation is 2. The number of nitrogens with zero attached hydrogens (tertiary/aromatic N) is 2. The lowest BCUT2D eigenvalue weighted by atomic mass is 10.1. The van der Waals surface area contributed by atoms with Crippen molar-refractivity contribution in [2.75, 3.05) is 18.0 Å². The molecule has 9 heteroatoms. The number of carbonyl (C=O) groups is 1. The van der Waals surface area contributed by atoms with Gasteiger partial charge in [0, 0.05) is 31.6 Å². The fraction of sp³-hybridized carbons (Fsp3) is 0.316. The molecule has 1 heterocycles. The van der Waals surface area contributed by atoms with Gasteiger partial charge in [-0.05, 0) is 43.0 Å². The Morgan fingerprint density at radius 1 is 1.21 bits per heavy atom. The van der Waals surface area contributed by atoms with Gasteiger partial charge in [-0.1, -0.05) is 18.2 Å². The molecule has 0 saturated heterocycles. The number of rotatable bonds is 6. The van der Waals surface area contributed by atoms with Crippen molar-refractivity contribution in [3.05, 3.63) is 63.2 Å². The van der Waals surface area contributed by atoms with Crippen molar-refractivity contribution in [3.8, 4) is 0 Å². The van der Waals surface area contributed by atoms with Crippen molar-refractivity contribution in [1.82, 2.24) is 4.72 Å². The first-order valence-corrected chi connectivity index (χ1v) is 10.3. The molecular weight excluding hydrogens is 382 g/mol. The molecule has 0 spiro atoms. The average molecular weight is 403 g/mol. The Bertz CT molecular complexity index is 1050. The smallest absolute Gasteiger partial charge is 0.271 e. The topological polar surface area (TPSA) is 110 Å². The summed E-state index contributed by atoms with van der Waals surface area (Å²) in [5.74, 6) is -0.275. The molecule has 1 N–H and O–H groups in total. The molecule has 3 rings (SSSR count). The highest BCUT2D eigenvalue weighted by molar-refractivity contribution is 7.89. The van der Waals surface area contributed by atoms with Crippen LogP contribution in [0.1, 0.15) is 23.1 Å². The minimum Gasteiger partial charge on any atom is -0.312 e. The van der Waals surface area contributed by atoms with Gasteiger partial charge in [0.15, 0.2) is 0 Å². The third-order valence-electron chi connectivity index (χ3n) is 4.74. The van der Waals surface area contributed by atoms with Gasteiger partial charge in [0.05, 0.1) is 15.5 Å². The van der Waals surface area contributed by atoms with Crippen LogP contribution in [-0.2, 0) is 21.2 Å². The van der Waals surface area contributed by atoms with Gasteiger partial charge >= 0.3 is 0 Å². The number of fused-ring (bicyclic) bond motifs is 1. The zero-order valence-electron chi connectivity index (χ0n) is 15.6. The third-order valence-corrected chi connectivity index (χ3v) is 6.34. The summed E-state index contributed by atoms with van der Waals surface area (Å²) >= 11 is 0. The first-order chi connectivity index (χ1) is 13.2. The van der Waals surface area contributed by atoms with E-state index >= 15 is 0 Å². The summed E-state index contributed by atoms with van der Waals surface area (Å²) in [6.07, 6.45) is 0.583. The van der Waals surface area contributed by atoms with Crippen molar-refractivity contribution in [2.45, 2.75) is 31.6 Å². The van der Waals surface area contributed by atoms with E-state index in [1.165, 1.54) is 17.0 Å². The van der Waals surface area contributed by atoms with Crippen LogP contribution in [0.3, 0.4) is 0 Å². The van der Waals surface area contributed by atoms with E-state index in [-0.39, 0.29) is 29.5 Å². The molecule has 8 nitrogen and oxygen atoms in total. The van der Waals surface area contributed by atoms with Crippen LogP contribution in [0.2, 0.25) is 0 Å². The van der Waals surface area contributed by atoms with Gasteiger partial charge in [-0.2, -0.15) is 0 Å². The number of hydrogen-bond acceptors (Lipinski definition) is 5. The predicted octanol–water partition coefficient (Wildman–Crippen LogP) is 2.47. The Balaban J connectivity index is 1.67. The summed E-state index contributed by atoms with van der Waals surface area (Å²) in [7, 11) is -3.72. The molecule has 0 bridgehead atoms. The van der Waals surface area contributed by atoms with E-state index in [1.807, 2.05) is 13.0 Å². The summed E-state index contributed by atoms with van der Waals surface area (Å²) in [6.45, 7) is 3.91. The number of nitro benzene ring substituents is 1. The van der Waals surface area contributed by atoms with Crippen LogP contribution in [0.4, 0.5) is 11.4 Å². The number of hydrogen-bond donors (Lipinski definition) is 1. The Morgan fingerprint density at radius 2 is 1.96 bits per heavy atom. The second-order valence-electron chi connectivity index (χ2n) is 6.78. The molecule has 1 aliphatic heterocycles. The first-order valence-electron chi connectivity index (χ1n) is 8.83. The van der Waals surface area contributed by atoms with Crippen LogP contribution in [0, 0.1) is 24.0 Å². The van der Waals surface area contributed by atoms with Crippen LogP contribution < -0.4 is 9.62 Å². The highest BCUT2D eigenvalue weighted by Gasteiger charge is 2.27. The van der Waals surface area contributed by atoms with Crippen molar-refractivity contribution in [2.24, 2.45) is 0 Å². The van der Waals surface area contributed by atoms with Crippen LogP contribution >= 0.6 is 0 Å². The standard InChI is InChI=1S/C19H21N3O5S/c1-13-3-4-14(2)18(11-13)28(26,27)20-9-7-19(23)21-10-8-15-5-6-16(22(24)25)12-17(15)21/h3-6,11-12,20H,7-10H2,1-2H3. The molecule has 0 aliphatic carbocycles. The minimum absolute atomic E-state index is 0.0355. The van der Waals surface area contributed by atoms with E-state index in [1.54, 1.807) is 25.1 Å². The molecule has 148 valence electrons. The number of nitrogens with one attached hydrogen (secondary N) is 1. The van der Waals surface area contributed by atoms with Crippen molar-refractivity contribution in [3.63, 3.8) is 0 Å². The molecule has 0 aromatic heterocycles. The molecule has 2 aromatic rings. The number of sulfonamides is 1. The van der Waals surface area contributed by atoms with E-state index in [2.05, 4.69) is 4.72 Å². The molecule has 0 saturated carbocycles. The fourth-order valence-electron chi connectivity index (χ4n) is 3.24. The Hall–Kier alpha value is -2.78.